The van der Waals surface area contributed by atoms with E-state index in [0.29, 0.717) is 16.7 Å². The van der Waals surface area contributed by atoms with Crippen LogP contribution in [0, 0.1) is 44.9 Å². The lowest BCUT2D eigenvalue weighted by molar-refractivity contribution is -0.392. The predicted octanol–water partition coefficient (Wildman–Crippen LogP) is 4.22. The third-order valence-corrected chi connectivity index (χ3v) is 9.30. The number of allylic oxidation sites excluding steroid dienone is 6. The number of rotatable bonds is 5. The Bertz CT molecular complexity index is 1850. The van der Waals surface area contributed by atoms with E-state index in [1.165, 1.54) is 25.1 Å². The summed E-state index contributed by atoms with van der Waals surface area (Å²) in [5, 5.41) is 35.1. The summed E-state index contributed by atoms with van der Waals surface area (Å²) in [6.07, 6.45) is 3.11. The summed E-state index contributed by atoms with van der Waals surface area (Å²) < 4.78 is 0. The molecule has 2 aromatic rings. The van der Waals surface area contributed by atoms with Crippen molar-refractivity contribution in [3.63, 3.8) is 0 Å². The van der Waals surface area contributed by atoms with Crippen LogP contribution in [0.1, 0.15) is 36.8 Å². The number of phenolic OH excluding ortho intramolecular Hbond substituents is 1. The number of hydrogen-bond donors (Lipinski definition) is 1. The fourth-order valence-electron chi connectivity index (χ4n) is 7.34. The molecule has 13 nitrogen and oxygen atoms in total. The molecule has 1 heterocycles. The number of benzene rings is 2. The highest BCUT2D eigenvalue weighted by Crippen LogP contribution is 2.57. The van der Waals surface area contributed by atoms with E-state index in [9.17, 15) is 44.5 Å². The van der Waals surface area contributed by atoms with Crippen LogP contribution >= 0.6 is 0 Å². The standard InChI is InChI=1S/C32H28N4O9/c1-14-6-5-7-18(29(14)38)25-17-8-9-19-26(20(17)13-21-24(37)10-15(2)30(39)27(21)25)32(41)34(31(19)40)16-11-22(35(42)43)28(33(3)4)23(12-16)36(44)45/h5-8,10-12,19-20,25-26,38H,9,13H2,1-4H3/t19-,20+,25+,26-/m0/s1. The number of anilines is 2. The van der Waals surface area contributed by atoms with E-state index in [-0.39, 0.29) is 58.3 Å². The largest absolute Gasteiger partial charge is 0.507 e. The number of carbonyl (C=O) groups excluding carboxylic acids is 4. The summed E-state index contributed by atoms with van der Waals surface area (Å²) in [5.74, 6) is -5.64. The lowest BCUT2D eigenvalue weighted by Gasteiger charge is -2.42. The third kappa shape index (κ3) is 4.29. The van der Waals surface area contributed by atoms with E-state index in [1.807, 2.05) is 0 Å². The maximum absolute atomic E-state index is 14.2. The molecule has 0 bridgehead atoms. The fourth-order valence-corrected chi connectivity index (χ4v) is 7.34. The van der Waals surface area contributed by atoms with Crippen molar-refractivity contribution in [3.05, 3.63) is 96.1 Å². The Morgan fingerprint density at radius 3 is 2.20 bits per heavy atom. The molecule has 2 aromatic carbocycles. The highest BCUT2D eigenvalue weighted by atomic mass is 16.6. The lowest BCUT2D eigenvalue weighted by atomic mass is 9.59. The monoisotopic (exact) mass is 612 g/mol. The quantitative estimate of drug-likeness (QED) is 0.169. The van der Waals surface area contributed by atoms with E-state index in [2.05, 4.69) is 0 Å². The molecule has 6 rings (SSSR count). The van der Waals surface area contributed by atoms with Gasteiger partial charge in [0.1, 0.15) is 5.75 Å². The minimum absolute atomic E-state index is 0.00745. The van der Waals surface area contributed by atoms with Gasteiger partial charge in [0.2, 0.25) is 11.8 Å². The summed E-state index contributed by atoms with van der Waals surface area (Å²) in [6.45, 7) is 3.25. The molecule has 45 heavy (non-hydrogen) atoms. The van der Waals surface area contributed by atoms with Crippen LogP contribution in [0.5, 0.6) is 5.75 Å². The number of carbonyl (C=O) groups is 4. The van der Waals surface area contributed by atoms with Gasteiger partial charge >= 0.3 is 11.4 Å². The number of imide groups is 1. The van der Waals surface area contributed by atoms with Gasteiger partial charge in [-0.05, 0) is 44.2 Å². The number of nitrogens with zero attached hydrogens (tertiary/aromatic N) is 4. The van der Waals surface area contributed by atoms with Gasteiger partial charge in [-0.25, -0.2) is 4.90 Å². The van der Waals surface area contributed by atoms with Gasteiger partial charge in [0, 0.05) is 54.4 Å². The van der Waals surface area contributed by atoms with Crippen LogP contribution in [0.15, 0.2) is 64.8 Å². The molecule has 0 radical (unpaired) electrons. The molecular weight excluding hydrogens is 584 g/mol. The number of Topliss-reactive ketones (excluding diaryl/α,β-unsaturated/α-hetero) is 1. The molecule has 0 saturated carbocycles. The van der Waals surface area contributed by atoms with Gasteiger partial charge in [0.05, 0.1) is 27.4 Å². The van der Waals surface area contributed by atoms with Gasteiger partial charge in [0.15, 0.2) is 17.3 Å². The minimum atomic E-state index is -1.01. The zero-order chi connectivity index (χ0) is 32.6. The summed E-state index contributed by atoms with van der Waals surface area (Å²) in [6, 6.07) is 7.06. The summed E-state index contributed by atoms with van der Waals surface area (Å²) in [4.78, 5) is 79.3. The molecule has 1 N–H and O–H groups in total. The molecule has 1 fully saturated rings. The number of fused-ring (bicyclic) bond motifs is 3. The van der Waals surface area contributed by atoms with Crippen LogP contribution in [-0.2, 0) is 19.2 Å². The van der Waals surface area contributed by atoms with Gasteiger partial charge in [-0.1, -0.05) is 29.8 Å². The van der Waals surface area contributed by atoms with E-state index in [4.69, 9.17) is 0 Å². The molecule has 0 aromatic heterocycles. The first kappa shape index (κ1) is 29.6. The highest BCUT2D eigenvalue weighted by Gasteiger charge is 2.57. The van der Waals surface area contributed by atoms with Crippen molar-refractivity contribution in [3.8, 4) is 5.75 Å². The summed E-state index contributed by atoms with van der Waals surface area (Å²) in [5.41, 5.74) is 0.398. The van der Waals surface area contributed by atoms with Crippen molar-refractivity contribution in [1.29, 1.82) is 0 Å². The molecule has 0 spiro atoms. The highest BCUT2D eigenvalue weighted by molar-refractivity contribution is 6.25. The van der Waals surface area contributed by atoms with Crippen LogP contribution in [0.3, 0.4) is 0 Å². The number of aryl methyl sites for hydroxylation is 1. The number of aromatic hydroxyl groups is 1. The SMILES string of the molecule is CC1=CC(=O)C2=C(C1=O)[C@@H](c1cccc(C)c1O)C1=CC[C@@H]3C(=O)N(c4cc([N+](=O)[O-])c(N(C)C)c([N+](=O)[O-])c4)C(=O)[C@@H]3[C@@H]1C2. The summed E-state index contributed by atoms with van der Waals surface area (Å²) >= 11 is 0. The van der Waals surface area contributed by atoms with Crippen molar-refractivity contribution in [2.75, 3.05) is 23.9 Å². The average Bonchev–Trinajstić information content (AvgIpc) is 3.25. The zero-order valence-electron chi connectivity index (χ0n) is 24.8. The van der Waals surface area contributed by atoms with Crippen LogP contribution in [-0.4, -0.2) is 52.4 Å². The Labute approximate surface area is 256 Å². The van der Waals surface area contributed by atoms with E-state index < -0.39 is 56.7 Å². The number of nitro groups is 2. The van der Waals surface area contributed by atoms with Gasteiger partial charge in [-0.3, -0.25) is 39.4 Å². The van der Waals surface area contributed by atoms with Gasteiger partial charge in [0.25, 0.3) is 0 Å². The Hall–Kier alpha value is -5.46. The average molecular weight is 613 g/mol. The third-order valence-electron chi connectivity index (χ3n) is 9.30. The minimum Gasteiger partial charge on any atom is -0.507 e. The molecule has 0 unspecified atom stereocenters. The number of para-hydroxylation sites is 1. The molecule has 2 amide bonds. The molecular formula is C32H28N4O9. The second-order valence-corrected chi connectivity index (χ2v) is 12.0. The van der Waals surface area contributed by atoms with E-state index in [0.717, 1.165) is 17.0 Å². The van der Waals surface area contributed by atoms with E-state index in [1.54, 1.807) is 38.1 Å². The van der Waals surface area contributed by atoms with Crippen LogP contribution < -0.4 is 9.80 Å². The Morgan fingerprint density at radius 1 is 0.956 bits per heavy atom. The van der Waals surface area contributed by atoms with Gasteiger partial charge in [-0.15, -0.1) is 0 Å². The summed E-state index contributed by atoms with van der Waals surface area (Å²) in [7, 11) is 2.82. The zero-order valence-corrected chi connectivity index (χ0v) is 24.8. The number of phenols is 1. The lowest BCUT2D eigenvalue weighted by Crippen LogP contribution is -2.39. The predicted molar refractivity (Wildman–Crippen MR) is 161 cm³/mol. The molecule has 3 aliphatic carbocycles. The smallest absolute Gasteiger partial charge is 0.301 e. The van der Waals surface area contributed by atoms with Gasteiger partial charge < -0.3 is 10.0 Å². The number of hydrogen-bond acceptors (Lipinski definition) is 10. The molecule has 1 aliphatic heterocycles. The number of amides is 2. The van der Waals surface area contributed by atoms with Crippen molar-refractivity contribution >= 4 is 46.1 Å². The normalized spacial score (nSPS) is 24.1. The topological polar surface area (TPSA) is 181 Å². The first-order chi connectivity index (χ1) is 21.2. The Kier molecular flexibility index (Phi) is 6.79. The molecule has 230 valence electrons. The van der Waals surface area contributed by atoms with Crippen LogP contribution in [0.25, 0.3) is 0 Å². The molecule has 4 aliphatic rings. The van der Waals surface area contributed by atoms with Crippen molar-refractivity contribution in [2.45, 2.75) is 32.6 Å². The first-order valence-corrected chi connectivity index (χ1v) is 14.2. The molecule has 1 saturated heterocycles. The number of ketones is 2. The van der Waals surface area contributed by atoms with Crippen molar-refractivity contribution in [2.24, 2.45) is 17.8 Å². The Balaban J connectivity index is 1.50. The molecule has 13 heteroatoms. The molecule has 4 atom stereocenters. The second kappa shape index (κ2) is 10.3. The maximum Gasteiger partial charge on any atom is 0.301 e. The Morgan fingerprint density at radius 2 is 1.60 bits per heavy atom. The first-order valence-electron chi connectivity index (χ1n) is 14.2. The van der Waals surface area contributed by atoms with Gasteiger partial charge in [-0.2, -0.15) is 0 Å². The fraction of sp³-hybridized carbons (Fsp3) is 0.312. The van der Waals surface area contributed by atoms with Crippen molar-refractivity contribution in [1.82, 2.24) is 0 Å². The van der Waals surface area contributed by atoms with Crippen LogP contribution in [0.2, 0.25) is 0 Å². The maximum atomic E-state index is 14.2. The van der Waals surface area contributed by atoms with Crippen LogP contribution in [0.4, 0.5) is 22.7 Å². The number of nitro benzene ring substituents is 2. The van der Waals surface area contributed by atoms with E-state index >= 15 is 0 Å². The van der Waals surface area contributed by atoms with Crippen molar-refractivity contribution < 1.29 is 34.1 Å². The second-order valence-electron chi connectivity index (χ2n) is 12.0.